The summed E-state index contributed by atoms with van der Waals surface area (Å²) in [5.74, 6) is -0.283. The molecule has 16 heavy (non-hydrogen) atoms. The van der Waals surface area contributed by atoms with Crippen LogP contribution in [-0.2, 0) is 0 Å². The van der Waals surface area contributed by atoms with Crippen LogP contribution in [0.4, 0.5) is 10.1 Å². The molecule has 0 amide bonds. The summed E-state index contributed by atoms with van der Waals surface area (Å²) in [6.07, 6.45) is 0. The third kappa shape index (κ3) is 2.85. The minimum atomic E-state index is -0.281. The Bertz CT molecular complexity index is 381. The standard InChI is InChI=1S/C11H16FN3O/c1-8(11(13)14-16)7-15(2)10-6-4-3-5-9(10)12/h3-6,8,16H,7H2,1-2H3,(H2,13,14). The quantitative estimate of drug-likeness (QED) is 0.354. The molecule has 1 aromatic rings. The fourth-order valence-electron chi connectivity index (χ4n) is 1.46. The highest BCUT2D eigenvalue weighted by Crippen LogP contribution is 2.17. The van der Waals surface area contributed by atoms with E-state index >= 15 is 0 Å². The number of hydrogen-bond acceptors (Lipinski definition) is 3. The van der Waals surface area contributed by atoms with E-state index in [0.29, 0.717) is 12.2 Å². The fourth-order valence-corrected chi connectivity index (χ4v) is 1.46. The van der Waals surface area contributed by atoms with E-state index in [1.165, 1.54) is 6.07 Å². The van der Waals surface area contributed by atoms with Crippen LogP contribution in [0.15, 0.2) is 29.4 Å². The summed E-state index contributed by atoms with van der Waals surface area (Å²) in [5, 5.41) is 11.4. The van der Waals surface area contributed by atoms with E-state index in [4.69, 9.17) is 10.9 Å². The summed E-state index contributed by atoms with van der Waals surface area (Å²) in [6.45, 7) is 2.29. The van der Waals surface area contributed by atoms with Gasteiger partial charge in [0.1, 0.15) is 11.7 Å². The highest BCUT2D eigenvalue weighted by atomic mass is 19.1. The monoisotopic (exact) mass is 225 g/mol. The van der Waals surface area contributed by atoms with Gasteiger partial charge in [-0.2, -0.15) is 0 Å². The number of para-hydroxylation sites is 1. The fraction of sp³-hybridized carbons (Fsp3) is 0.364. The molecule has 0 aromatic heterocycles. The molecule has 0 aliphatic heterocycles. The van der Waals surface area contributed by atoms with Crippen molar-refractivity contribution in [1.82, 2.24) is 0 Å². The first-order valence-corrected chi connectivity index (χ1v) is 4.99. The predicted molar refractivity (Wildman–Crippen MR) is 62.2 cm³/mol. The molecule has 0 saturated heterocycles. The molecule has 0 heterocycles. The number of amidine groups is 1. The molecule has 1 rings (SSSR count). The molecular formula is C11H16FN3O. The van der Waals surface area contributed by atoms with Crippen molar-refractivity contribution < 1.29 is 9.60 Å². The topological polar surface area (TPSA) is 61.8 Å². The Morgan fingerprint density at radius 1 is 1.56 bits per heavy atom. The van der Waals surface area contributed by atoms with Gasteiger partial charge in [0.05, 0.1) is 5.69 Å². The molecule has 0 aliphatic rings. The molecule has 3 N–H and O–H groups in total. The van der Waals surface area contributed by atoms with Crippen LogP contribution >= 0.6 is 0 Å². The van der Waals surface area contributed by atoms with Crippen LogP contribution in [0.5, 0.6) is 0 Å². The molecule has 0 aliphatic carbocycles. The zero-order valence-electron chi connectivity index (χ0n) is 9.39. The maximum absolute atomic E-state index is 13.4. The second-order valence-corrected chi connectivity index (χ2v) is 3.76. The summed E-state index contributed by atoms with van der Waals surface area (Å²) >= 11 is 0. The maximum atomic E-state index is 13.4. The smallest absolute Gasteiger partial charge is 0.146 e. The normalized spacial score (nSPS) is 13.6. The molecule has 0 fully saturated rings. The molecule has 0 bridgehead atoms. The molecule has 4 nitrogen and oxygen atoms in total. The number of nitrogens with two attached hydrogens (primary N) is 1. The number of hydrogen-bond donors (Lipinski definition) is 2. The van der Waals surface area contributed by atoms with Crippen molar-refractivity contribution >= 4 is 11.5 Å². The van der Waals surface area contributed by atoms with Crippen LogP contribution in [0.3, 0.4) is 0 Å². The Morgan fingerprint density at radius 2 is 2.19 bits per heavy atom. The van der Waals surface area contributed by atoms with Crippen molar-refractivity contribution in [2.24, 2.45) is 16.8 Å². The lowest BCUT2D eigenvalue weighted by molar-refractivity contribution is 0.314. The summed E-state index contributed by atoms with van der Waals surface area (Å²) in [7, 11) is 1.76. The van der Waals surface area contributed by atoms with Gasteiger partial charge < -0.3 is 15.8 Å². The van der Waals surface area contributed by atoms with Gasteiger partial charge in [0.2, 0.25) is 0 Å². The third-order valence-electron chi connectivity index (χ3n) is 2.43. The lowest BCUT2D eigenvalue weighted by Crippen LogP contribution is -2.33. The molecule has 1 atom stereocenters. The number of halogens is 1. The number of oxime groups is 1. The van der Waals surface area contributed by atoms with E-state index < -0.39 is 0 Å². The van der Waals surface area contributed by atoms with Crippen molar-refractivity contribution in [2.45, 2.75) is 6.92 Å². The first-order valence-electron chi connectivity index (χ1n) is 4.99. The lowest BCUT2D eigenvalue weighted by atomic mass is 10.1. The highest BCUT2D eigenvalue weighted by Gasteiger charge is 2.13. The molecular weight excluding hydrogens is 209 g/mol. The van der Waals surface area contributed by atoms with E-state index in [1.807, 2.05) is 6.92 Å². The van der Waals surface area contributed by atoms with Crippen molar-refractivity contribution in [3.63, 3.8) is 0 Å². The van der Waals surface area contributed by atoms with Gasteiger partial charge in [-0.1, -0.05) is 24.2 Å². The van der Waals surface area contributed by atoms with Crippen LogP contribution in [0.1, 0.15) is 6.92 Å². The molecule has 0 saturated carbocycles. The summed E-state index contributed by atoms with van der Waals surface area (Å²) in [4.78, 5) is 1.73. The van der Waals surface area contributed by atoms with Crippen LogP contribution in [0.25, 0.3) is 0 Å². The van der Waals surface area contributed by atoms with Crippen LogP contribution in [-0.4, -0.2) is 24.6 Å². The Balaban J connectivity index is 2.73. The minimum absolute atomic E-state index is 0.142. The third-order valence-corrected chi connectivity index (χ3v) is 2.43. The van der Waals surface area contributed by atoms with E-state index in [1.54, 1.807) is 30.1 Å². The summed E-state index contributed by atoms with van der Waals surface area (Å²) < 4.78 is 13.4. The summed E-state index contributed by atoms with van der Waals surface area (Å²) in [5.41, 5.74) is 5.96. The van der Waals surface area contributed by atoms with Gasteiger partial charge in [0.25, 0.3) is 0 Å². The first-order chi connectivity index (χ1) is 7.56. The second-order valence-electron chi connectivity index (χ2n) is 3.76. The van der Waals surface area contributed by atoms with E-state index in [9.17, 15) is 4.39 Å². The van der Waals surface area contributed by atoms with Gasteiger partial charge in [0.15, 0.2) is 0 Å². The van der Waals surface area contributed by atoms with E-state index in [0.717, 1.165) is 0 Å². The Hall–Kier alpha value is -1.78. The SMILES string of the molecule is CC(CN(C)c1ccccc1F)C(N)=NO. The van der Waals surface area contributed by atoms with Gasteiger partial charge >= 0.3 is 0 Å². The largest absolute Gasteiger partial charge is 0.409 e. The van der Waals surface area contributed by atoms with Crippen molar-refractivity contribution in [3.8, 4) is 0 Å². The van der Waals surface area contributed by atoms with Crippen LogP contribution in [0, 0.1) is 11.7 Å². The zero-order chi connectivity index (χ0) is 12.1. The van der Waals surface area contributed by atoms with Gasteiger partial charge in [-0.25, -0.2) is 4.39 Å². The Kier molecular flexibility index (Phi) is 4.10. The maximum Gasteiger partial charge on any atom is 0.146 e. The molecule has 88 valence electrons. The van der Waals surface area contributed by atoms with Crippen molar-refractivity contribution in [1.29, 1.82) is 0 Å². The molecule has 1 aromatic carbocycles. The average molecular weight is 225 g/mol. The zero-order valence-corrected chi connectivity index (χ0v) is 9.39. The van der Waals surface area contributed by atoms with Crippen molar-refractivity contribution in [2.75, 3.05) is 18.5 Å². The number of nitrogens with zero attached hydrogens (tertiary/aromatic N) is 2. The lowest BCUT2D eigenvalue weighted by Gasteiger charge is -2.23. The number of benzene rings is 1. The van der Waals surface area contributed by atoms with Gasteiger partial charge in [-0.15, -0.1) is 0 Å². The summed E-state index contributed by atoms with van der Waals surface area (Å²) in [6, 6.07) is 6.50. The number of anilines is 1. The molecule has 0 spiro atoms. The molecule has 5 heteroatoms. The van der Waals surface area contributed by atoms with Gasteiger partial charge in [-0.3, -0.25) is 0 Å². The highest BCUT2D eigenvalue weighted by molar-refractivity contribution is 5.82. The van der Waals surface area contributed by atoms with Gasteiger partial charge in [0, 0.05) is 19.5 Å². The Labute approximate surface area is 94.2 Å². The van der Waals surface area contributed by atoms with Gasteiger partial charge in [-0.05, 0) is 12.1 Å². The predicted octanol–water partition coefficient (Wildman–Crippen LogP) is 1.64. The molecule has 1 unspecified atom stereocenters. The minimum Gasteiger partial charge on any atom is -0.409 e. The Morgan fingerprint density at radius 3 is 2.75 bits per heavy atom. The number of rotatable bonds is 4. The first kappa shape index (κ1) is 12.3. The molecule has 0 radical (unpaired) electrons. The van der Waals surface area contributed by atoms with Crippen LogP contribution in [0.2, 0.25) is 0 Å². The van der Waals surface area contributed by atoms with Crippen molar-refractivity contribution in [3.05, 3.63) is 30.1 Å². The van der Waals surface area contributed by atoms with Crippen LogP contribution < -0.4 is 10.6 Å². The second kappa shape index (κ2) is 5.34. The average Bonchev–Trinajstić information content (AvgIpc) is 2.28. The van der Waals surface area contributed by atoms with E-state index in [-0.39, 0.29) is 17.6 Å². The van der Waals surface area contributed by atoms with E-state index in [2.05, 4.69) is 5.16 Å².